The van der Waals surface area contributed by atoms with Crippen molar-refractivity contribution in [2.75, 3.05) is 0 Å². The molecule has 0 saturated carbocycles. The number of carbonyl (C=O) groups excluding carboxylic acids is 1. The summed E-state index contributed by atoms with van der Waals surface area (Å²) < 4.78 is 5.03. The topological polar surface area (TPSA) is 79.5 Å². The van der Waals surface area contributed by atoms with E-state index in [0.717, 1.165) is 5.56 Å². The minimum atomic E-state index is -1.12. The molecule has 0 aliphatic carbocycles. The van der Waals surface area contributed by atoms with Gasteiger partial charge in [-0.2, -0.15) is 11.3 Å². The molecule has 1 amide bonds. The van der Waals surface area contributed by atoms with Crippen LogP contribution in [0.4, 0.5) is 0 Å². The molecule has 0 saturated heterocycles. The monoisotopic (exact) mass is 279 g/mol. The van der Waals surface area contributed by atoms with Crippen LogP contribution >= 0.6 is 11.3 Å². The van der Waals surface area contributed by atoms with Gasteiger partial charge in [0.05, 0.1) is 6.54 Å². The Morgan fingerprint density at radius 3 is 2.79 bits per heavy atom. The number of carboxylic acids is 1. The van der Waals surface area contributed by atoms with Crippen LogP contribution in [-0.4, -0.2) is 17.0 Å². The number of rotatable bonds is 6. The summed E-state index contributed by atoms with van der Waals surface area (Å²) in [6, 6.07) is 4.90. The van der Waals surface area contributed by atoms with E-state index in [-0.39, 0.29) is 18.2 Å². The Bertz CT molecular complexity index is 559. The second-order valence-electron chi connectivity index (χ2n) is 3.98. The van der Waals surface area contributed by atoms with Crippen molar-refractivity contribution in [1.82, 2.24) is 5.32 Å². The number of carboxylic acid groups (broad SMARTS) is 1. The van der Waals surface area contributed by atoms with Crippen LogP contribution < -0.4 is 5.32 Å². The summed E-state index contributed by atoms with van der Waals surface area (Å²) in [5.74, 6) is -0.890. The number of amides is 1. The molecule has 0 fully saturated rings. The molecule has 2 aromatic heterocycles. The van der Waals surface area contributed by atoms with Crippen LogP contribution in [0, 0.1) is 0 Å². The zero-order chi connectivity index (χ0) is 13.7. The molecule has 0 unspecified atom stereocenters. The molecular formula is C13H13NO4S. The zero-order valence-corrected chi connectivity index (χ0v) is 10.9. The Kier molecular flexibility index (Phi) is 4.35. The minimum absolute atomic E-state index is 0.0838. The van der Waals surface area contributed by atoms with Gasteiger partial charge in [-0.3, -0.25) is 4.79 Å². The number of aryl methyl sites for hydroxylation is 1. The standard InChI is InChI=1S/C13H13NO4S/c15-12(4-1-9-5-6-19-8-9)14-7-10-2-3-11(18-10)13(16)17/h2-3,5-6,8H,1,4,7H2,(H,14,15)(H,16,17). The third kappa shape index (κ3) is 3.96. The average molecular weight is 279 g/mol. The molecule has 0 aliphatic rings. The number of furan rings is 1. The summed E-state index contributed by atoms with van der Waals surface area (Å²) in [5, 5.41) is 15.4. The largest absolute Gasteiger partial charge is 0.475 e. The van der Waals surface area contributed by atoms with E-state index >= 15 is 0 Å². The molecule has 0 radical (unpaired) electrons. The maximum atomic E-state index is 11.6. The molecule has 0 aromatic carbocycles. The highest BCUT2D eigenvalue weighted by Crippen LogP contribution is 2.09. The molecule has 0 bridgehead atoms. The predicted octanol–water partition coefficient (Wildman–Crippen LogP) is 2.29. The van der Waals surface area contributed by atoms with Crippen molar-refractivity contribution in [2.24, 2.45) is 0 Å². The average Bonchev–Trinajstić information content (AvgIpc) is 3.05. The highest BCUT2D eigenvalue weighted by atomic mass is 32.1. The Morgan fingerprint density at radius 1 is 1.32 bits per heavy atom. The molecule has 0 atom stereocenters. The number of thiophene rings is 1. The summed E-state index contributed by atoms with van der Waals surface area (Å²) in [6.45, 7) is 0.204. The van der Waals surface area contributed by atoms with Crippen molar-refractivity contribution in [1.29, 1.82) is 0 Å². The number of carbonyl (C=O) groups is 2. The lowest BCUT2D eigenvalue weighted by Crippen LogP contribution is -2.22. The maximum Gasteiger partial charge on any atom is 0.371 e. The summed E-state index contributed by atoms with van der Waals surface area (Å²) in [5.41, 5.74) is 1.14. The molecule has 100 valence electrons. The van der Waals surface area contributed by atoms with Crippen LogP contribution in [0.25, 0.3) is 0 Å². The lowest BCUT2D eigenvalue weighted by molar-refractivity contribution is -0.121. The van der Waals surface area contributed by atoms with E-state index in [0.29, 0.717) is 18.6 Å². The Morgan fingerprint density at radius 2 is 2.16 bits per heavy atom. The first-order valence-corrected chi connectivity index (χ1v) is 6.69. The third-order valence-corrected chi connectivity index (χ3v) is 3.29. The molecule has 2 N–H and O–H groups in total. The van der Waals surface area contributed by atoms with Crippen molar-refractivity contribution < 1.29 is 19.1 Å². The molecule has 0 spiro atoms. The SMILES string of the molecule is O=C(CCc1ccsc1)NCc1ccc(C(=O)O)o1. The second-order valence-corrected chi connectivity index (χ2v) is 4.76. The second kappa shape index (κ2) is 6.19. The molecule has 2 aromatic rings. The van der Waals surface area contributed by atoms with Crippen molar-refractivity contribution in [3.8, 4) is 0 Å². The smallest absolute Gasteiger partial charge is 0.371 e. The summed E-state index contributed by atoms with van der Waals surface area (Å²) in [4.78, 5) is 22.2. The van der Waals surface area contributed by atoms with Crippen LogP contribution in [0.15, 0.2) is 33.4 Å². The Balaban J connectivity index is 1.75. The van der Waals surface area contributed by atoms with E-state index in [9.17, 15) is 9.59 Å². The fourth-order valence-corrected chi connectivity index (χ4v) is 2.26. The van der Waals surface area contributed by atoms with Gasteiger partial charge in [-0.25, -0.2) is 4.79 Å². The van der Waals surface area contributed by atoms with Crippen LogP contribution in [0.3, 0.4) is 0 Å². The number of hydrogen-bond acceptors (Lipinski definition) is 4. The van der Waals surface area contributed by atoms with E-state index in [2.05, 4.69) is 5.32 Å². The van der Waals surface area contributed by atoms with Crippen LogP contribution in [-0.2, 0) is 17.8 Å². The van der Waals surface area contributed by atoms with E-state index in [1.54, 1.807) is 17.4 Å². The molecular weight excluding hydrogens is 266 g/mol. The first kappa shape index (κ1) is 13.4. The molecule has 5 nitrogen and oxygen atoms in total. The quantitative estimate of drug-likeness (QED) is 0.850. The van der Waals surface area contributed by atoms with Crippen LogP contribution in [0.2, 0.25) is 0 Å². The maximum absolute atomic E-state index is 11.6. The molecule has 2 rings (SSSR count). The van der Waals surface area contributed by atoms with Crippen LogP contribution in [0.5, 0.6) is 0 Å². The molecule has 0 aliphatic heterocycles. The van der Waals surface area contributed by atoms with Gasteiger partial charge in [-0.1, -0.05) is 0 Å². The lowest BCUT2D eigenvalue weighted by Gasteiger charge is -2.02. The summed E-state index contributed by atoms with van der Waals surface area (Å²) >= 11 is 1.60. The molecule has 2 heterocycles. The van der Waals surface area contributed by atoms with Crippen molar-refractivity contribution in [3.63, 3.8) is 0 Å². The van der Waals surface area contributed by atoms with E-state index in [1.165, 1.54) is 6.07 Å². The Hall–Kier alpha value is -2.08. The fraction of sp³-hybridized carbons (Fsp3) is 0.231. The third-order valence-electron chi connectivity index (χ3n) is 2.55. The summed E-state index contributed by atoms with van der Waals surface area (Å²) in [6.07, 6.45) is 1.11. The highest BCUT2D eigenvalue weighted by Gasteiger charge is 2.09. The minimum Gasteiger partial charge on any atom is -0.475 e. The van der Waals surface area contributed by atoms with Gasteiger partial charge in [-0.05, 0) is 40.9 Å². The van der Waals surface area contributed by atoms with Gasteiger partial charge in [-0.15, -0.1) is 0 Å². The van der Waals surface area contributed by atoms with Crippen molar-refractivity contribution in [3.05, 3.63) is 46.0 Å². The first-order chi connectivity index (χ1) is 9.15. The van der Waals surface area contributed by atoms with Crippen molar-refractivity contribution >= 4 is 23.2 Å². The predicted molar refractivity (Wildman–Crippen MR) is 70.2 cm³/mol. The Labute approximate surface area is 113 Å². The zero-order valence-electron chi connectivity index (χ0n) is 10.1. The van der Waals surface area contributed by atoms with Crippen LogP contribution in [0.1, 0.15) is 28.3 Å². The van der Waals surface area contributed by atoms with Crippen molar-refractivity contribution in [2.45, 2.75) is 19.4 Å². The highest BCUT2D eigenvalue weighted by molar-refractivity contribution is 7.07. The van der Waals surface area contributed by atoms with E-state index in [1.807, 2.05) is 16.8 Å². The van der Waals surface area contributed by atoms with Gasteiger partial charge in [0.2, 0.25) is 11.7 Å². The van der Waals surface area contributed by atoms with E-state index < -0.39 is 5.97 Å². The van der Waals surface area contributed by atoms with Gasteiger partial charge >= 0.3 is 5.97 Å². The first-order valence-electron chi connectivity index (χ1n) is 5.75. The van der Waals surface area contributed by atoms with Gasteiger partial charge < -0.3 is 14.8 Å². The number of hydrogen-bond donors (Lipinski definition) is 2. The van der Waals surface area contributed by atoms with Gasteiger partial charge in [0.25, 0.3) is 0 Å². The molecule has 19 heavy (non-hydrogen) atoms. The number of aromatic carboxylic acids is 1. The lowest BCUT2D eigenvalue weighted by atomic mass is 10.2. The van der Waals surface area contributed by atoms with E-state index in [4.69, 9.17) is 9.52 Å². The number of nitrogens with one attached hydrogen (secondary N) is 1. The van der Waals surface area contributed by atoms with Gasteiger partial charge in [0, 0.05) is 6.42 Å². The molecule has 6 heteroatoms. The normalized spacial score (nSPS) is 10.3. The van der Waals surface area contributed by atoms with Gasteiger partial charge in [0.15, 0.2) is 0 Å². The summed E-state index contributed by atoms with van der Waals surface area (Å²) in [7, 11) is 0. The van der Waals surface area contributed by atoms with Gasteiger partial charge in [0.1, 0.15) is 5.76 Å². The fourth-order valence-electron chi connectivity index (χ4n) is 1.55.